The molecule has 0 radical (unpaired) electrons. The number of hydrogen-bond acceptors (Lipinski definition) is 3. The number of rotatable bonds is 3. The minimum Gasteiger partial charge on any atom is -0.497 e. The van der Waals surface area contributed by atoms with E-state index < -0.39 is 0 Å². The molecule has 0 bridgehead atoms. The molecule has 1 amide bonds. The Labute approximate surface area is 124 Å². The summed E-state index contributed by atoms with van der Waals surface area (Å²) >= 11 is 0. The van der Waals surface area contributed by atoms with Gasteiger partial charge in [0.25, 0.3) is 5.91 Å². The summed E-state index contributed by atoms with van der Waals surface area (Å²) in [6.07, 6.45) is 2.07. The number of carbonyl (C=O) groups excluding carboxylic acids is 1. The molecule has 0 atom stereocenters. The van der Waals surface area contributed by atoms with Crippen molar-refractivity contribution >= 4 is 17.3 Å². The predicted molar refractivity (Wildman–Crippen MR) is 84.2 cm³/mol. The topological polar surface area (TPSA) is 50.4 Å². The molecule has 0 aromatic heterocycles. The third-order valence-electron chi connectivity index (χ3n) is 3.70. The van der Waals surface area contributed by atoms with E-state index in [2.05, 4.69) is 16.7 Å². The lowest BCUT2D eigenvalue weighted by atomic mass is 10.0. The zero-order valence-electron chi connectivity index (χ0n) is 12.0. The van der Waals surface area contributed by atoms with Gasteiger partial charge in [-0.05, 0) is 54.8 Å². The summed E-state index contributed by atoms with van der Waals surface area (Å²) in [5.41, 5.74) is 3.82. The summed E-state index contributed by atoms with van der Waals surface area (Å²) in [5, 5.41) is 6.37. The molecule has 0 aliphatic carbocycles. The summed E-state index contributed by atoms with van der Waals surface area (Å²) in [7, 11) is 1.61. The fraction of sp³-hybridized carbons (Fsp3) is 0.235. The number of nitrogens with one attached hydrogen (secondary N) is 2. The van der Waals surface area contributed by atoms with Crippen molar-refractivity contribution in [2.45, 2.75) is 12.8 Å². The van der Waals surface area contributed by atoms with Crippen molar-refractivity contribution in [3.8, 4) is 5.75 Å². The molecular weight excluding hydrogens is 264 g/mol. The van der Waals surface area contributed by atoms with Crippen LogP contribution in [0.4, 0.5) is 11.4 Å². The third-order valence-corrected chi connectivity index (χ3v) is 3.70. The van der Waals surface area contributed by atoms with E-state index in [-0.39, 0.29) is 5.91 Å². The Morgan fingerprint density at radius 1 is 1.19 bits per heavy atom. The minimum absolute atomic E-state index is 0.100. The lowest BCUT2D eigenvalue weighted by molar-refractivity contribution is 0.102. The summed E-state index contributed by atoms with van der Waals surface area (Å²) in [6, 6.07) is 13.1. The summed E-state index contributed by atoms with van der Waals surface area (Å²) in [5.74, 6) is 0.643. The van der Waals surface area contributed by atoms with Crippen LogP contribution in [0.2, 0.25) is 0 Å². The summed E-state index contributed by atoms with van der Waals surface area (Å²) in [6.45, 7) is 0.989. The normalized spacial score (nSPS) is 13.0. The molecule has 21 heavy (non-hydrogen) atoms. The van der Waals surface area contributed by atoms with E-state index in [9.17, 15) is 4.79 Å². The summed E-state index contributed by atoms with van der Waals surface area (Å²) in [4.78, 5) is 12.3. The van der Waals surface area contributed by atoms with Crippen molar-refractivity contribution in [3.05, 3.63) is 53.6 Å². The maximum atomic E-state index is 12.3. The van der Waals surface area contributed by atoms with Gasteiger partial charge in [-0.25, -0.2) is 0 Å². The molecule has 0 spiro atoms. The highest BCUT2D eigenvalue weighted by Crippen LogP contribution is 2.29. The van der Waals surface area contributed by atoms with Crippen LogP contribution in [0.25, 0.3) is 0 Å². The molecule has 2 aromatic carbocycles. The Morgan fingerprint density at radius 3 is 2.76 bits per heavy atom. The number of ether oxygens (including phenoxy) is 1. The number of amides is 1. The Hall–Kier alpha value is -2.49. The van der Waals surface area contributed by atoms with Gasteiger partial charge in [0.15, 0.2) is 0 Å². The van der Waals surface area contributed by atoms with Crippen LogP contribution in [0, 0.1) is 0 Å². The van der Waals surface area contributed by atoms with Gasteiger partial charge in [0.2, 0.25) is 0 Å². The van der Waals surface area contributed by atoms with Crippen LogP contribution >= 0.6 is 0 Å². The molecule has 0 fully saturated rings. The highest BCUT2D eigenvalue weighted by Gasteiger charge is 2.14. The molecular formula is C17H18N2O2. The largest absolute Gasteiger partial charge is 0.497 e. The molecule has 0 unspecified atom stereocenters. The van der Waals surface area contributed by atoms with Gasteiger partial charge in [-0.3, -0.25) is 4.79 Å². The van der Waals surface area contributed by atoms with Gasteiger partial charge in [-0.2, -0.15) is 0 Å². The number of anilines is 2. The van der Waals surface area contributed by atoms with Gasteiger partial charge < -0.3 is 15.4 Å². The fourth-order valence-electron chi connectivity index (χ4n) is 2.56. The second-order valence-corrected chi connectivity index (χ2v) is 5.04. The van der Waals surface area contributed by atoms with Crippen LogP contribution in [-0.2, 0) is 6.42 Å². The first kappa shape index (κ1) is 13.5. The zero-order chi connectivity index (χ0) is 14.7. The third kappa shape index (κ3) is 2.84. The van der Waals surface area contributed by atoms with E-state index in [0.29, 0.717) is 5.56 Å². The van der Waals surface area contributed by atoms with E-state index >= 15 is 0 Å². The van der Waals surface area contributed by atoms with Crippen molar-refractivity contribution in [1.82, 2.24) is 0 Å². The lowest BCUT2D eigenvalue weighted by Crippen LogP contribution is -2.17. The highest BCUT2D eigenvalue weighted by molar-refractivity contribution is 6.05. The monoisotopic (exact) mass is 282 g/mol. The van der Waals surface area contributed by atoms with Gasteiger partial charge in [0.1, 0.15) is 5.75 Å². The average Bonchev–Trinajstić information content (AvgIpc) is 2.55. The van der Waals surface area contributed by atoms with Crippen LogP contribution < -0.4 is 15.4 Å². The molecule has 1 aliphatic rings. The van der Waals surface area contributed by atoms with Crippen LogP contribution in [0.5, 0.6) is 5.75 Å². The molecule has 0 saturated heterocycles. The molecule has 2 N–H and O–H groups in total. The number of hydrogen-bond donors (Lipinski definition) is 2. The number of benzene rings is 2. The maximum absolute atomic E-state index is 12.3. The van der Waals surface area contributed by atoms with E-state index in [0.717, 1.165) is 36.5 Å². The lowest BCUT2D eigenvalue weighted by Gasteiger charge is -2.21. The first-order valence-electron chi connectivity index (χ1n) is 7.09. The maximum Gasteiger partial charge on any atom is 0.255 e. The van der Waals surface area contributed by atoms with E-state index in [1.807, 2.05) is 12.1 Å². The Kier molecular flexibility index (Phi) is 3.77. The van der Waals surface area contributed by atoms with Crippen molar-refractivity contribution in [2.24, 2.45) is 0 Å². The fourth-order valence-corrected chi connectivity index (χ4v) is 2.56. The minimum atomic E-state index is -0.100. The molecule has 1 heterocycles. The SMILES string of the molecule is COc1ccc(C(=O)Nc2cccc3c2CCCN3)cc1. The van der Waals surface area contributed by atoms with Crippen LogP contribution in [0.1, 0.15) is 22.3 Å². The van der Waals surface area contributed by atoms with Gasteiger partial charge >= 0.3 is 0 Å². The van der Waals surface area contributed by atoms with Gasteiger partial charge in [0, 0.05) is 23.5 Å². The van der Waals surface area contributed by atoms with Crippen molar-refractivity contribution < 1.29 is 9.53 Å². The summed E-state index contributed by atoms with van der Waals surface area (Å²) < 4.78 is 5.10. The number of methoxy groups -OCH3 is 1. The Morgan fingerprint density at radius 2 is 2.00 bits per heavy atom. The average molecular weight is 282 g/mol. The first-order valence-corrected chi connectivity index (χ1v) is 7.09. The Balaban J connectivity index is 1.81. The van der Waals surface area contributed by atoms with Gasteiger partial charge in [0.05, 0.1) is 7.11 Å². The Bertz CT molecular complexity index is 650. The van der Waals surface area contributed by atoms with Gasteiger partial charge in [-0.15, -0.1) is 0 Å². The highest BCUT2D eigenvalue weighted by atomic mass is 16.5. The number of carbonyl (C=O) groups is 1. The quantitative estimate of drug-likeness (QED) is 0.908. The first-order chi connectivity index (χ1) is 10.3. The van der Waals surface area contributed by atoms with Crippen molar-refractivity contribution in [2.75, 3.05) is 24.3 Å². The standard InChI is InChI=1S/C17H18N2O2/c1-21-13-9-7-12(8-10-13)17(20)19-16-6-2-5-15-14(16)4-3-11-18-15/h2,5-10,18H,3-4,11H2,1H3,(H,19,20). The number of fused-ring (bicyclic) bond motifs is 1. The van der Waals surface area contributed by atoms with E-state index in [1.54, 1.807) is 31.4 Å². The molecule has 4 nitrogen and oxygen atoms in total. The van der Waals surface area contributed by atoms with Crippen LogP contribution in [-0.4, -0.2) is 19.6 Å². The molecule has 0 saturated carbocycles. The molecule has 108 valence electrons. The van der Waals surface area contributed by atoms with E-state index in [4.69, 9.17) is 4.74 Å². The molecule has 4 heteroatoms. The predicted octanol–water partition coefficient (Wildman–Crippen LogP) is 3.31. The molecule has 3 rings (SSSR count). The zero-order valence-corrected chi connectivity index (χ0v) is 12.0. The smallest absolute Gasteiger partial charge is 0.255 e. The molecule has 2 aromatic rings. The van der Waals surface area contributed by atoms with Crippen LogP contribution in [0.3, 0.4) is 0 Å². The van der Waals surface area contributed by atoms with Crippen molar-refractivity contribution in [1.29, 1.82) is 0 Å². The van der Waals surface area contributed by atoms with Gasteiger partial charge in [-0.1, -0.05) is 6.07 Å². The molecule has 1 aliphatic heterocycles. The van der Waals surface area contributed by atoms with Crippen molar-refractivity contribution in [3.63, 3.8) is 0 Å². The second kappa shape index (κ2) is 5.87. The van der Waals surface area contributed by atoms with E-state index in [1.165, 1.54) is 5.56 Å². The second-order valence-electron chi connectivity index (χ2n) is 5.04. The van der Waals surface area contributed by atoms with Crippen LogP contribution in [0.15, 0.2) is 42.5 Å².